The van der Waals surface area contributed by atoms with Crippen molar-refractivity contribution in [1.82, 2.24) is 0 Å². The van der Waals surface area contributed by atoms with Gasteiger partial charge in [-0.15, -0.1) is 0 Å². The molecule has 0 saturated carbocycles. The zero-order chi connectivity index (χ0) is 58.5. The van der Waals surface area contributed by atoms with E-state index in [4.69, 9.17) is 14.2 Å². The van der Waals surface area contributed by atoms with Crippen LogP contribution in [-0.4, -0.2) is 37.2 Å². The van der Waals surface area contributed by atoms with Gasteiger partial charge < -0.3 is 14.2 Å². The number of allylic oxidation sites excluding steroid dienone is 34. The number of hydrogen-bond acceptors (Lipinski definition) is 6. The Labute approximate surface area is 496 Å². The molecule has 1 unspecified atom stereocenters. The molecule has 0 aliphatic heterocycles. The van der Waals surface area contributed by atoms with Crippen molar-refractivity contribution in [2.75, 3.05) is 13.2 Å². The number of esters is 3. The van der Waals surface area contributed by atoms with Crippen molar-refractivity contribution in [1.29, 1.82) is 0 Å². The van der Waals surface area contributed by atoms with Gasteiger partial charge in [-0.05, 0) is 161 Å². The van der Waals surface area contributed by atoms with Gasteiger partial charge in [0.15, 0.2) is 6.10 Å². The molecule has 1 atom stereocenters. The summed E-state index contributed by atoms with van der Waals surface area (Å²) in [6.45, 7) is 6.19. The Balaban J connectivity index is 4.61. The van der Waals surface area contributed by atoms with Crippen LogP contribution in [0.25, 0.3) is 0 Å². The molecule has 0 rings (SSSR count). The van der Waals surface area contributed by atoms with Gasteiger partial charge in [0.2, 0.25) is 0 Å². The molecule has 448 valence electrons. The highest BCUT2D eigenvalue weighted by Crippen LogP contribution is 2.12. The molecular formula is C75H112O6. The van der Waals surface area contributed by atoms with Gasteiger partial charge in [0, 0.05) is 19.3 Å². The Hall–Kier alpha value is -6.01. The average Bonchev–Trinajstić information content (AvgIpc) is 3.47. The van der Waals surface area contributed by atoms with Crippen LogP contribution >= 0.6 is 0 Å². The summed E-state index contributed by atoms with van der Waals surface area (Å²) in [5, 5.41) is 0. The normalized spacial score (nSPS) is 13.6. The van der Waals surface area contributed by atoms with E-state index < -0.39 is 12.1 Å². The number of carbonyl (C=O) groups is 3. The Morgan fingerprint density at radius 1 is 0.247 bits per heavy atom. The van der Waals surface area contributed by atoms with Crippen molar-refractivity contribution in [3.63, 3.8) is 0 Å². The molecule has 0 aromatic carbocycles. The minimum absolute atomic E-state index is 0.133. The first-order chi connectivity index (χ1) is 40.0. The van der Waals surface area contributed by atoms with E-state index in [0.717, 1.165) is 180 Å². The fourth-order valence-corrected chi connectivity index (χ4v) is 7.66. The zero-order valence-electron chi connectivity index (χ0n) is 51.2. The van der Waals surface area contributed by atoms with Crippen molar-refractivity contribution in [2.24, 2.45) is 0 Å². The van der Waals surface area contributed by atoms with Crippen LogP contribution in [0, 0.1) is 0 Å². The van der Waals surface area contributed by atoms with Gasteiger partial charge in [-0.3, -0.25) is 14.4 Å². The minimum atomic E-state index is -0.846. The molecule has 0 aromatic heterocycles. The van der Waals surface area contributed by atoms with Crippen molar-refractivity contribution >= 4 is 17.9 Å². The quantitative estimate of drug-likeness (QED) is 0.0261. The first-order valence-electron chi connectivity index (χ1n) is 31.6. The molecule has 0 aliphatic rings. The Kier molecular flexibility index (Phi) is 61.6. The fraction of sp³-hybridized carbons (Fsp3) is 0.507. The summed E-state index contributed by atoms with van der Waals surface area (Å²) in [7, 11) is 0. The molecule has 0 saturated heterocycles. The minimum Gasteiger partial charge on any atom is -0.462 e. The monoisotopic (exact) mass is 1110 g/mol. The third-order valence-corrected chi connectivity index (χ3v) is 12.3. The summed E-state index contributed by atoms with van der Waals surface area (Å²) in [6, 6.07) is 0. The predicted octanol–water partition coefficient (Wildman–Crippen LogP) is 22.0. The van der Waals surface area contributed by atoms with E-state index in [1.165, 1.54) is 0 Å². The van der Waals surface area contributed by atoms with Crippen LogP contribution in [-0.2, 0) is 28.6 Å². The molecule has 0 aromatic rings. The molecule has 0 fully saturated rings. The topological polar surface area (TPSA) is 78.9 Å². The number of carbonyl (C=O) groups excluding carboxylic acids is 3. The molecular weight excluding hydrogens is 997 g/mol. The molecule has 6 nitrogen and oxygen atoms in total. The lowest BCUT2D eigenvalue weighted by molar-refractivity contribution is -0.167. The summed E-state index contributed by atoms with van der Waals surface area (Å²) in [5.41, 5.74) is 0. The highest BCUT2D eigenvalue weighted by molar-refractivity contribution is 5.71. The van der Waals surface area contributed by atoms with Crippen LogP contribution in [0.15, 0.2) is 207 Å². The van der Waals surface area contributed by atoms with Gasteiger partial charge in [0.1, 0.15) is 13.2 Å². The van der Waals surface area contributed by atoms with Gasteiger partial charge >= 0.3 is 17.9 Å². The van der Waals surface area contributed by atoms with E-state index in [-0.39, 0.29) is 31.6 Å². The van der Waals surface area contributed by atoms with Gasteiger partial charge in [0.05, 0.1) is 0 Å². The Morgan fingerprint density at radius 2 is 0.457 bits per heavy atom. The molecule has 0 spiro atoms. The lowest BCUT2D eigenvalue weighted by atomic mass is 10.1. The van der Waals surface area contributed by atoms with E-state index in [1.54, 1.807) is 0 Å². The summed E-state index contributed by atoms with van der Waals surface area (Å²) in [4.78, 5) is 38.3. The van der Waals surface area contributed by atoms with E-state index in [1.807, 2.05) is 0 Å². The maximum Gasteiger partial charge on any atom is 0.306 e. The predicted molar refractivity (Wildman–Crippen MR) is 352 cm³/mol. The lowest BCUT2D eigenvalue weighted by Gasteiger charge is -2.18. The molecule has 0 radical (unpaired) electrons. The standard InChI is InChI=1S/C75H112O6/c1-4-7-10-13-16-19-22-25-28-30-32-34-36-37-39-40-42-44-47-50-53-56-59-62-65-68-74(77)80-71-72(70-79-73(76)67-64-61-58-55-52-49-46-27-24-21-18-15-12-9-6-3)81-75(78)69-66-63-60-57-54-51-48-45-43-41-38-35-33-31-29-26-23-20-17-14-11-8-5-2/h7-12,16-21,25-29,32-35,37,39,41-44,46,48,50-51,53,57,60,72H,4-6,13-15,22-24,30-31,36,38,40,45,47,49,52,54-56,58-59,61-71H2,1-3H3/b10-7-,11-8-,12-9-,19-16-,20-17-,21-18-,28-25-,29-26-,34-32-,35-33-,39-37-,43-41-,44-42-,46-27-,51-48-,53-50-,60-57-. The van der Waals surface area contributed by atoms with Crippen molar-refractivity contribution < 1.29 is 28.6 Å². The second kappa shape index (κ2) is 66.5. The van der Waals surface area contributed by atoms with E-state index in [9.17, 15) is 14.4 Å². The maximum atomic E-state index is 12.9. The van der Waals surface area contributed by atoms with Crippen LogP contribution in [0.1, 0.15) is 226 Å². The van der Waals surface area contributed by atoms with Crippen LogP contribution in [0.4, 0.5) is 0 Å². The molecule has 0 amide bonds. The fourth-order valence-electron chi connectivity index (χ4n) is 7.66. The molecule has 0 N–H and O–H groups in total. The molecule has 0 heterocycles. The first-order valence-corrected chi connectivity index (χ1v) is 31.6. The highest BCUT2D eigenvalue weighted by Gasteiger charge is 2.19. The molecule has 6 heteroatoms. The largest absolute Gasteiger partial charge is 0.462 e. The first kappa shape index (κ1) is 75.0. The summed E-state index contributed by atoms with van der Waals surface area (Å²) < 4.78 is 16.8. The van der Waals surface area contributed by atoms with Crippen LogP contribution in [0.5, 0.6) is 0 Å². The number of hydrogen-bond donors (Lipinski definition) is 0. The molecule has 81 heavy (non-hydrogen) atoms. The van der Waals surface area contributed by atoms with Gasteiger partial charge in [-0.2, -0.15) is 0 Å². The summed E-state index contributed by atoms with van der Waals surface area (Å²) in [6.07, 6.45) is 103. The van der Waals surface area contributed by atoms with Gasteiger partial charge in [0.25, 0.3) is 0 Å². The third-order valence-electron chi connectivity index (χ3n) is 12.3. The number of ether oxygens (including phenoxy) is 3. The summed E-state index contributed by atoms with van der Waals surface area (Å²) >= 11 is 0. The van der Waals surface area contributed by atoms with Crippen molar-refractivity contribution in [2.45, 2.75) is 232 Å². The smallest absolute Gasteiger partial charge is 0.306 e. The second-order valence-corrected chi connectivity index (χ2v) is 19.8. The average molecular weight is 1110 g/mol. The number of unbranched alkanes of at least 4 members (excludes halogenated alkanes) is 9. The SMILES string of the molecule is CC/C=C\C/C=C\C/C=C\C/C=C\C/C=C\C/C=C\C/C=C\CCCCCC(=O)OCC(COC(=O)CCCCCCC/C=C\C/C=C\C/C=C\CC)OC(=O)CCC/C=C\C/C=C\C/C=C\C/C=C\C/C=C\C/C=C\C/C=C\CC. The van der Waals surface area contributed by atoms with Crippen molar-refractivity contribution in [3.8, 4) is 0 Å². The maximum absolute atomic E-state index is 12.9. The van der Waals surface area contributed by atoms with Crippen LogP contribution in [0.3, 0.4) is 0 Å². The molecule has 0 aliphatic carbocycles. The lowest BCUT2D eigenvalue weighted by Crippen LogP contribution is -2.30. The zero-order valence-corrected chi connectivity index (χ0v) is 51.2. The van der Waals surface area contributed by atoms with Gasteiger partial charge in [-0.1, -0.05) is 253 Å². The highest BCUT2D eigenvalue weighted by atomic mass is 16.6. The third kappa shape index (κ3) is 64.7. The Morgan fingerprint density at radius 3 is 0.741 bits per heavy atom. The number of rotatable bonds is 54. The van der Waals surface area contributed by atoms with E-state index in [0.29, 0.717) is 19.3 Å². The van der Waals surface area contributed by atoms with E-state index >= 15 is 0 Å². The summed E-state index contributed by atoms with van der Waals surface area (Å²) in [5.74, 6) is -1.06. The second-order valence-electron chi connectivity index (χ2n) is 19.8. The Bertz CT molecular complexity index is 2000. The van der Waals surface area contributed by atoms with Crippen LogP contribution < -0.4 is 0 Å². The molecule has 0 bridgehead atoms. The van der Waals surface area contributed by atoms with E-state index in [2.05, 4.69) is 227 Å². The van der Waals surface area contributed by atoms with Crippen molar-refractivity contribution in [3.05, 3.63) is 207 Å². The van der Waals surface area contributed by atoms with Gasteiger partial charge in [-0.25, -0.2) is 0 Å². The van der Waals surface area contributed by atoms with Crippen LogP contribution in [0.2, 0.25) is 0 Å².